The predicted molar refractivity (Wildman–Crippen MR) is 84.9 cm³/mol. The Morgan fingerprint density at radius 3 is 2.74 bits per heavy atom. The molecule has 2 rings (SSSR count). The van der Waals surface area contributed by atoms with E-state index in [-0.39, 0.29) is 6.04 Å². The summed E-state index contributed by atoms with van der Waals surface area (Å²) in [7, 11) is 0. The lowest BCUT2D eigenvalue weighted by Gasteiger charge is -2.17. The van der Waals surface area contributed by atoms with Crippen LogP contribution >= 0.6 is 43.5 Å². The molecule has 6 heteroatoms. The van der Waals surface area contributed by atoms with E-state index in [0.29, 0.717) is 6.42 Å². The molecule has 1 atom stereocenters. The van der Waals surface area contributed by atoms with E-state index in [0.717, 1.165) is 25.2 Å². The second-order valence-corrected chi connectivity index (χ2v) is 6.28. The van der Waals surface area contributed by atoms with Crippen molar-refractivity contribution in [3.05, 3.63) is 61.8 Å². The molecule has 0 aliphatic heterocycles. The van der Waals surface area contributed by atoms with Gasteiger partial charge in [-0.05, 0) is 62.0 Å². The maximum Gasteiger partial charge on any atom is 0.0732 e. The smallest absolute Gasteiger partial charge is 0.0732 e. The number of halogens is 3. The zero-order valence-corrected chi connectivity index (χ0v) is 13.8. The molecule has 0 amide bonds. The molecule has 0 radical (unpaired) electrons. The topological polar surface area (TPSA) is 50.9 Å². The van der Waals surface area contributed by atoms with E-state index in [2.05, 4.69) is 42.3 Å². The number of rotatable bonds is 4. The molecule has 3 nitrogen and oxygen atoms in total. The van der Waals surface area contributed by atoms with Crippen LogP contribution in [0.5, 0.6) is 0 Å². The van der Waals surface area contributed by atoms with Crippen molar-refractivity contribution < 1.29 is 0 Å². The molecule has 0 saturated heterocycles. The van der Waals surface area contributed by atoms with Crippen molar-refractivity contribution >= 4 is 43.5 Å². The summed E-state index contributed by atoms with van der Waals surface area (Å²) in [5.41, 5.74) is 4.77. The molecule has 0 spiro atoms. The maximum atomic E-state index is 5.99. The number of hydrogen-bond donors (Lipinski definition) is 2. The van der Waals surface area contributed by atoms with Gasteiger partial charge in [0, 0.05) is 20.2 Å². The Hall–Kier alpha value is -0.460. The quantitative estimate of drug-likeness (QED) is 0.597. The van der Waals surface area contributed by atoms with Crippen molar-refractivity contribution in [3.63, 3.8) is 0 Å². The summed E-state index contributed by atoms with van der Waals surface area (Å²) >= 11 is 12.9. The van der Waals surface area contributed by atoms with Gasteiger partial charge < -0.3 is 0 Å². The van der Waals surface area contributed by atoms with Crippen molar-refractivity contribution in [1.29, 1.82) is 0 Å². The van der Waals surface area contributed by atoms with Gasteiger partial charge in [-0.1, -0.05) is 23.7 Å². The number of benzene rings is 1. The fourth-order valence-electron chi connectivity index (χ4n) is 1.82. The van der Waals surface area contributed by atoms with Gasteiger partial charge in [-0.15, -0.1) is 0 Å². The summed E-state index contributed by atoms with van der Waals surface area (Å²) in [4.78, 5) is 4.40. The number of nitrogens with two attached hydrogens (primary N) is 1. The van der Waals surface area contributed by atoms with Crippen LogP contribution in [0, 0.1) is 0 Å². The first-order chi connectivity index (χ1) is 9.10. The van der Waals surface area contributed by atoms with Crippen LogP contribution in [0.4, 0.5) is 0 Å². The highest BCUT2D eigenvalue weighted by atomic mass is 79.9. The fourth-order valence-corrected chi connectivity index (χ4v) is 3.29. The second-order valence-electron chi connectivity index (χ2n) is 4.07. The number of hydrazine groups is 1. The SMILES string of the molecule is NNC(Cc1cccc(Cl)c1)c1ncc(Br)cc1Br. The largest absolute Gasteiger partial charge is 0.271 e. The first-order valence-electron chi connectivity index (χ1n) is 5.61. The Labute approximate surface area is 133 Å². The summed E-state index contributed by atoms with van der Waals surface area (Å²) in [5.74, 6) is 5.64. The first kappa shape index (κ1) is 14.9. The zero-order valence-electron chi connectivity index (χ0n) is 9.91. The number of aromatic nitrogens is 1. The molecule has 2 aromatic rings. The monoisotopic (exact) mass is 403 g/mol. The molecule has 0 aliphatic carbocycles. The lowest BCUT2D eigenvalue weighted by Crippen LogP contribution is -2.30. The highest BCUT2D eigenvalue weighted by Gasteiger charge is 2.15. The van der Waals surface area contributed by atoms with Gasteiger partial charge in [0.25, 0.3) is 0 Å². The molecule has 1 aromatic heterocycles. The van der Waals surface area contributed by atoms with Crippen LogP contribution in [0.2, 0.25) is 5.02 Å². The molecule has 100 valence electrons. The molecular weight excluding hydrogens is 393 g/mol. The molecule has 1 heterocycles. The number of nitrogens with one attached hydrogen (secondary N) is 1. The molecule has 19 heavy (non-hydrogen) atoms. The van der Waals surface area contributed by atoms with Crippen molar-refractivity contribution in [3.8, 4) is 0 Å². The van der Waals surface area contributed by atoms with E-state index in [4.69, 9.17) is 17.4 Å². The van der Waals surface area contributed by atoms with Crippen molar-refractivity contribution in [1.82, 2.24) is 10.4 Å². The minimum Gasteiger partial charge on any atom is -0.271 e. The highest BCUT2D eigenvalue weighted by molar-refractivity contribution is 9.11. The van der Waals surface area contributed by atoms with Crippen LogP contribution in [0.3, 0.4) is 0 Å². The lowest BCUT2D eigenvalue weighted by atomic mass is 10.0. The second kappa shape index (κ2) is 6.81. The molecule has 0 saturated carbocycles. The van der Waals surface area contributed by atoms with E-state index in [1.165, 1.54) is 0 Å². The van der Waals surface area contributed by atoms with Crippen LogP contribution in [-0.4, -0.2) is 4.98 Å². The van der Waals surface area contributed by atoms with Crippen LogP contribution < -0.4 is 11.3 Å². The zero-order chi connectivity index (χ0) is 13.8. The van der Waals surface area contributed by atoms with E-state index >= 15 is 0 Å². The molecule has 0 bridgehead atoms. The number of nitrogens with zero attached hydrogens (tertiary/aromatic N) is 1. The van der Waals surface area contributed by atoms with E-state index < -0.39 is 0 Å². The minimum atomic E-state index is -0.0825. The third kappa shape index (κ3) is 4.00. The number of pyridine rings is 1. The maximum absolute atomic E-state index is 5.99. The Kier molecular flexibility index (Phi) is 5.36. The molecule has 1 aromatic carbocycles. The van der Waals surface area contributed by atoms with Crippen LogP contribution in [0.15, 0.2) is 45.5 Å². The van der Waals surface area contributed by atoms with Gasteiger partial charge in [0.15, 0.2) is 0 Å². The van der Waals surface area contributed by atoms with Crippen LogP contribution in [-0.2, 0) is 6.42 Å². The van der Waals surface area contributed by atoms with Gasteiger partial charge >= 0.3 is 0 Å². The van der Waals surface area contributed by atoms with Gasteiger partial charge in [-0.25, -0.2) is 0 Å². The number of hydrogen-bond acceptors (Lipinski definition) is 3. The van der Waals surface area contributed by atoms with E-state index in [9.17, 15) is 0 Å². The lowest BCUT2D eigenvalue weighted by molar-refractivity contribution is 0.536. The van der Waals surface area contributed by atoms with Crippen LogP contribution in [0.1, 0.15) is 17.3 Å². The van der Waals surface area contributed by atoms with Crippen molar-refractivity contribution in [2.45, 2.75) is 12.5 Å². The summed E-state index contributed by atoms with van der Waals surface area (Å²) in [5, 5.41) is 0.719. The predicted octanol–water partition coefficient (Wildman–Crippen LogP) is 4.01. The molecule has 1 unspecified atom stereocenters. The molecule has 0 aliphatic rings. The third-order valence-corrected chi connectivity index (χ3v) is 4.00. The van der Waals surface area contributed by atoms with E-state index in [1.54, 1.807) is 6.20 Å². The fraction of sp³-hybridized carbons (Fsp3) is 0.154. The Balaban J connectivity index is 2.25. The van der Waals surface area contributed by atoms with Crippen molar-refractivity contribution in [2.24, 2.45) is 5.84 Å². The van der Waals surface area contributed by atoms with Gasteiger partial charge in [-0.3, -0.25) is 16.3 Å². The van der Waals surface area contributed by atoms with E-state index in [1.807, 2.05) is 30.3 Å². The van der Waals surface area contributed by atoms with Gasteiger partial charge in [0.2, 0.25) is 0 Å². The minimum absolute atomic E-state index is 0.0825. The molecule has 0 fully saturated rings. The molecule has 3 N–H and O–H groups in total. The average molecular weight is 406 g/mol. The summed E-state index contributed by atoms with van der Waals surface area (Å²) in [6, 6.07) is 9.59. The average Bonchev–Trinajstić information content (AvgIpc) is 2.37. The molecular formula is C13H12Br2ClN3. The first-order valence-corrected chi connectivity index (χ1v) is 7.58. The normalized spacial score (nSPS) is 12.4. The third-order valence-electron chi connectivity index (χ3n) is 2.70. The Morgan fingerprint density at radius 2 is 2.11 bits per heavy atom. The van der Waals surface area contributed by atoms with Crippen molar-refractivity contribution in [2.75, 3.05) is 0 Å². The summed E-state index contributed by atoms with van der Waals surface area (Å²) < 4.78 is 1.83. The highest BCUT2D eigenvalue weighted by Crippen LogP contribution is 2.26. The standard InChI is InChI=1S/C13H12Br2ClN3/c14-9-6-11(15)13(18-7-9)12(19-17)5-8-2-1-3-10(16)4-8/h1-4,6-7,12,19H,5,17H2. The van der Waals surface area contributed by atoms with Crippen LogP contribution in [0.25, 0.3) is 0 Å². The van der Waals surface area contributed by atoms with Gasteiger partial charge in [-0.2, -0.15) is 0 Å². The van der Waals surface area contributed by atoms with Gasteiger partial charge in [0.05, 0.1) is 11.7 Å². The summed E-state index contributed by atoms with van der Waals surface area (Å²) in [6.45, 7) is 0. The summed E-state index contributed by atoms with van der Waals surface area (Å²) in [6.07, 6.45) is 2.46. The van der Waals surface area contributed by atoms with Gasteiger partial charge in [0.1, 0.15) is 0 Å². The Morgan fingerprint density at radius 1 is 1.32 bits per heavy atom. The Bertz CT molecular complexity index is 578.